The van der Waals surface area contributed by atoms with Gasteiger partial charge in [0, 0.05) is 13.2 Å². The van der Waals surface area contributed by atoms with Crippen LogP contribution < -0.4 is 0 Å². The Morgan fingerprint density at radius 1 is 1.23 bits per heavy atom. The molecule has 0 N–H and O–H groups in total. The predicted octanol–water partition coefficient (Wildman–Crippen LogP) is 2.14. The smallest absolute Gasteiger partial charge is 0.0593 e. The first-order valence-electron chi connectivity index (χ1n) is 5.44. The monoisotopic (exact) mass is 185 g/mol. The summed E-state index contributed by atoms with van der Waals surface area (Å²) >= 11 is 0. The summed E-state index contributed by atoms with van der Waals surface area (Å²) < 4.78 is 5.35. The van der Waals surface area contributed by atoms with E-state index in [9.17, 15) is 0 Å². The fourth-order valence-electron chi connectivity index (χ4n) is 1.72. The summed E-state index contributed by atoms with van der Waals surface area (Å²) in [6.07, 6.45) is 2.66. The average molecular weight is 185 g/mol. The highest BCUT2D eigenvalue weighted by molar-refractivity contribution is 4.78. The van der Waals surface area contributed by atoms with Crippen LogP contribution in [0.5, 0.6) is 0 Å². The fourth-order valence-corrected chi connectivity index (χ4v) is 1.72. The molecule has 0 saturated carbocycles. The number of likely N-dealkylation sites (tertiary alicyclic amines) is 1. The van der Waals surface area contributed by atoms with E-state index in [0.29, 0.717) is 5.41 Å². The molecule has 0 atom stereocenters. The van der Waals surface area contributed by atoms with Crippen molar-refractivity contribution in [2.24, 2.45) is 5.41 Å². The molecule has 0 aliphatic carbocycles. The minimum atomic E-state index is 0.572. The molecule has 0 aromatic rings. The Bertz CT molecular complexity index is 135. The molecule has 1 aliphatic rings. The lowest BCUT2D eigenvalue weighted by molar-refractivity contribution is 0.0792. The molecule has 1 heterocycles. The standard InChI is InChI=1S/C11H23NO/c1-4-13-10-9-12-7-5-11(2,3)6-8-12/h4-10H2,1-3H3. The fraction of sp³-hybridized carbons (Fsp3) is 1.00. The maximum Gasteiger partial charge on any atom is 0.0593 e. The highest BCUT2D eigenvalue weighted by Gasteiger charge is 2.24. The number of rotatable bonds is 4. The van der Waals surface area contributed by atoms with Crippen molar-refractivity contribution in [3.63, 3.8) is 0 Å². The van der Waals surface area contributed by atoms with Crippen molar-refractivity contribution in [1.82, 2.24) is 4.90 Å². The van der Waals surface area contributed by atoms with E-state index in [0.717, 1.165) is 19.8 Å². The molecule has 13 heavy (non-hydrogen) atoms. The minimum Gasteiger partial charge on any atom is -0.380 e. The van der Waals surface area contributed by atoms with Gasteiger partial charge >= 0.3 is 0 Å². The van der Waals surface area contributed by atoms with Gasteiger partial charge in [0.05, 0.1) is 6.61 Å². The molecule has 1 aliphatic heterocycles. The van der Waals surface area contributed by atoms with Gasteiger partial charge in [0.2, 0.25) is 0 Å². The lowest BCUT2D eigenvalue weighted by atomic mass is 9.83. The summed E-state index contributed by atoms with van der Waals surface area (Å²) in [5.41, 5.74) is 0.572. The van der Waals surface area contributed by atoms with Gasteiger partial charge in [-0.3, -0.25) is 0 Å². The number of ether oxygens (including phenoxy) is 1. The van der Waals surface area contributed by atoms with E-state index in [1.54, 1.807) is 0 Å². The summed E-state index contributed by atoms with van der Waals surface area (Å²) in [6.45, 7) is 12.2. The van der Waals surface area contributed by atoms with Gasteiger partial charge in [-0.05, 0) is 38.3 Å². The summed E-state index contributed by atoms with van der Waals surface area (Å²) in [5, 5.41) is 0. The maximum atomic E-state index is 5.35. The molecular formula is C11H23NO. The topological polar surface area (TPSA) is 12.5 Å². The summed E-state index contributed by atoms with van der Waals surface area (Å²) in [7, 11) is 0. The van der Waals surface area contributed by atoms with Crippen molar-refractivity contribution < 1.29 is 4.74 Å². The first-order chi connectivity index (χ1) is 6.14. The predicted molar refractivity (Wildman–Crippen MR) is 55.9 cm³/mol. The van der Waals surface area contributed by atoms with Crippen molar-refractivity contribution in [3.05, 3.63) is 0 Å². The van der Waals surface area contributed by atoms with Gasteiger partial charge in [-0.1, -0.05) is 13.8 Å². The van der Waals surface area contributed by atoms with Gasteiger partial charge in [-0.15, -0.1) is 0 Å². The molecule has 0 radical (unpaired) electrons. The Morgan fingerprint density at radius 3 is 2.38 bits per heavy atom. The quantitative estimate of drug-likeness (QED) is 0.622. The van der Waals surface area contributed by atoms with Crippen LogP contribution >= 0.6 is 0 Å². The molecule has 78 valence electrons. The van der Waals surface area contributed by atoms with Crippen LogP contribution in [0.25, 0.3) is 0 Å². The van der Waals surface area contributed by atoms with Crippen molar-refractivity contribution in [3.8, 4) is 0 Å². The zero-order valence-corrected chi connectivity index (χ0v) is 9.31. The van der Waals surface area contributed by atoms with Gasteiger partial charge in [0.1, 0.15) is 0 Å². The highest BCUT2D eigenvalue weighted by atomic mass is 16.5. The van der Waals surface area contributed by atoms with Gasteiger partial charge < -0.3 is 9.64 Å². The molecule has 1 fully saturated rings. The largest absolute Gasteiger partial charge is 0.380 e. The molecule has 0 aromatic carbocycles. The maximum absolute atomic E-state index is 5.35. The third-order valence-corrected chi connectivity index (χ3v) is 2.97. The Balaban J connectivity index is 2.11. The van der Waals surface area contributed by atoms with Crippen molar-refractivity contribution in [1.29, 1.82) is 0 Å². The molecule has 2 nitrogen and oxygen atoms in total. The Labute approximate surface area is 82.3 Å². The normalized spacial score (nSPS) is 23.3. The number of hydrogen-bond acceptors (Lipinski definition) is 2. The second kappa shape index (κ2) is 4.97. The summed E-state index contributed by atoms with van der Waals surface area (Å²) in [4.78, 5) is 2.51. The number of hydrogen-bond donors (Lipinski definition) is 0. The van der Waals surface area contributed by atoms with Crippen LogP contribution in [0.3, 0.4) is 0 Å². The van der Waals surface area contributed by atoms with Gasteiger partial charge in [0.15, 0.2) is 0 Å². The molecule has 0 unspecified atom stereocenters. The molecular weight excluding hydrogens is 162 g/mol. The van der Waals surface area contributed by atoms with Gasteiger partial charge in [-0.25, -0.2) is 0 Å². The van der Waals surface area contributed by atoms with Crippen LogP contribution in [-0.2, 0) is 4.74 Å². The first-order valence-corrected chi connectivity index (χ1v) is 5.44. The average Bonchev–Trinajstić information content (AvgIpc) is 2.08. The van der Waals surface area contributed by atoms with Crippen LogP contribution in [0, 0.1) is 5.41 Å². The van der Waals surface area contributed by atoms with Gasteiger partial charge in [-0.2, -0.15) is 0 Å². The van der Waals surface area contributed by atoms with Crippen LogP contribution in [0.4, 0.5) is 0 Å². The molecule has 1 rings (SSSR count). The van der Waals surface area contributed by atoms with Crippen LogP contribution in [0.15, 0.2) is 0 Å². The van der Waals surface area contributed by atoms with E-state index in [1.807, 2.05) is 0 Å². The van der Waals surface area contributed by atoms with Crippen LogP contribution in [0.1, 0.15) is 33.6 Å². The molecule has 0 aromatic heterocycles. The lowest BCUT2D eigenvalue weighted by Gasteiger charge is -2.36. The number of nitrogens with zero attached hydrogens (tertiary/aromatic N) is 1. The Morgan fingerprint density at radius 2 is 1.85 bits per heavy atom. The Hall–Kier alpha value is -0.0800. The van der Waals surface area contributed by atoms with Crippen molar-refractivity contribution in [2.75, 3.05) is 32.8 Å². The van der Waals surface area contributed by atoms with Crippen LogP contribution in [-0.4, -0.2) is 37.7 Å². The summed E-state index contributed by atoms with van der Waals surface area (Å²) in [6, 6.07) is 0. The molecule has 0 amide bonds. The second-order valence-electron chi connectivity index (χ2n) is 4.70. The van der Waals surface area contributed by atoms with Crippen molar-refractivity contribution >= 4 is 0 Å². The first kappa shape index (κ1) is 11.0. The molecule has 0 spiro atoms. The van der Waals surface area contributed by atoms with Gasteiger partial charge in [0.25, 0.3) is 0 Å². The van der Waals surface area contributed by atoms with E-state index >= 15 is 0 Å². The van der Waals surface area contributed by atoms with E-state index in [4.69, 9.17) is 4.74 Å². The molecule has 0 bridgehead atoms. The highest BCUT2D eigenvalue weighted by Crippen LogP contribution is 2.29. The zero-order chi connectivity index (χ0) is 9.73. The van der Waals surface area contributed by atoms with Crippen LogP contribution in [0.2, 0.25) is 0 Å². The Kier molecular flexibility index (Phi) is 4.20. The zero-order valence-electron chi connectivity index (χ0n) is 9.31. The second-order valence-corrected chi connectivity index (χ2v) is 4.70. The lowest BCUT2D eigenvalue weighted by Crippen LogP contribution is -2.39. The molecule has 1 saturated heterocycles. The number of piperidine rings is 1. The third-order valence-electron chi connectivity index (χ3n) is 2.97. The summed E-state index contributed by atoms with van der Waals surface area (Å²) in [5.74, 6) is 0. The van der Waals surface area contributed by atoms with E-state index in [2.05, 4.69) is 25.7 Å². The SMILES string of the molecule is CCOCCN1CCC(C)(C)CC1. The van der Waals surface area contributed by atoms with E-state index in [-0.39, 0.29) is 0 Å². The van der Waals surface area contributed by atoms with E-state index < -0.39 is 0 Å². The van der Waals surface area contributed by atoms with E-state index in [1.165, 1.54) is 25.9 Å². The van der Waals surface area contributed by atoms with Crippen molar-refractivity contribution in [2.45, 2.75) is 33.6 Å². The minimum absolute atomic E-state index is 0.572. The third kappa shape index (κ3) is 4.10. The molecule has 2 heteroatoms.